The first kappa shape index (κ1) is 32.2. The van der Waals surface area contributed by atoms with Gasteiger partial charge in [0.25, 0.3) is 0 Å². The highest BCUT2D eigenvalue weighted by atomic mass is 35.5. The van der Waals surface area contributed by atoms with Crippen molar-refractivity contribution < 1.29 is 62.6 Å². The van der Waals surface area contributed by atoms with Gasteiger partial charge in [0.15, 0.2) is 11.7 Å². The van der Waals surface area contributed by atoms with Gasteiger partial charge < -0.3 is 38.6 Å². The summed E-state index contributed by atoms with van der Waals surface area (Å²) in [4.78, 5) is 62.9. The van der Waals surface area contributed by atoms with E-state index in [0.29, 0.717) is 0 Å². The molecule has 4 rings (SSSR count). The van der Waals surface area contributed by atoms with Gasteiger partial charge in [-0.25, -0.2) is 0 Å². The van der Waals surface area contributed by atoms with Gasteiger partial charge in [-0.15, -0.1) is 11.6 Å². The number of hydrogen-bond donors (Lipinski definition) is 2. The second kappa shape index (κ2) is 10.8. The molecule has 13 atom stereocenters. The first-order valence-electron chi connectivity index (χ1n) is 13.6. The molecule has 2 saturated heterocycles. The molecule has 14 heteroatoms. The van der Waals surface area contributed by atoms with Crippen molar-refractivity contribution in [2.24, 2.45) is 17.3 Å². The quantitative estimate of drug-likeness (QED) is 0.148. The monoisotopic (exact) mass is 616 g/mol. The van der Waals surface area contributed by atoms with E-state index >= 15 is 0 Å². The van der Waals surface area contributed by atoms with Crippen molar-refractivity contribution in [1.29, 1.82) is 0 Å². The first-order chi connectivity index (χ1) is 19.3. The summed E-state index contributed by atoms with van der Waals surface area (Å²) in [6.45, 7) is 12.6. The molecule has 234 valence electrons. The molecule has 42 heavy (non-hydrogen) atoms. The maximum Gasteiger partial charge on any atom is 0.312 e. The highest BCUT2D eigenvalue weighted by molar-refractivity contribution is 6.23. The van der Waals surface area contributed by atoms with Crippen molar-refractivity contribution in [2.75, 3.05) is 0 Å². The van der Waals surface area contributed by atoms with Gasteiger partial charge in [-0.2, -0.15) is 0 Å². The lowest BCUT2D eigenvalue weighted by Crippen LogP contribution is -2.75. The van der Waals surface area contributed by atoms with E-state index in [1.807, 2.05) is 0 Å². The number of ether oxygens (including phenoxy) is 6. The van der Waals surface area contributed by atoms with Crippen LogP contribution in [0.25, 0.3) is 0 Å². The minimum absolute atomic E-state index is 0.192. The van der Waals surface area contributed by atoms with Crippen molar-refractivity contribution in [2.45, 2.75) is 114 Å². The number of carbonyl (C=O) groups is 5. The number of aliphatic hydroxyl groups is 2. The lowest BCUT2D eigenvalue weighted by atomic mass is 9.50. The zero-order valence-corrected chi connectivity index (χ0v) is 25.2. The van der Waals surface area contributed by atoms with Gasteiger partial charge >= 0.3 is 29.8 Å². The largest absolute Gasteiger partial charge is 0.462 e. The molecule has 0 aromatic rings. The van der Waals surface area contributed by atoms with Crippen LogP contribution in [0.2, 0.25) is 0 Å². The summed E-state index contributed by atoms with van der Waals surface area (Å²) >= 11 is 6.78. The molecule has 2 aliphatic carbocycles. The van der Waals surface area contributed by atoms with Crippen molar-refractivity contribution >= 4 is 41.4 Å². The number of carbonyl (C=O) groups excluding carboxylic acids is 5. The molecular formula is C28H37ClO13. The minimum Gasteiger partial charge on any atom is -0.462 e. The lowest BCUT2D eigenvalue weighted by molar-refractivity contribution is -0.293. The van der Waals surface area contributed by atoms with Gasteiger partial charge in [0.2, 0.25) is 0 Å². The number of fused-ring (bicyclic) bond motifs is 3. The number of esters is 5. The molecule has 2 heterocycles. The molecular weight excluding hydrogens is 580 g/mol. The van der Waals surface area contributed by atoms with Gasteiger partial charge in [0.1, 0.15) is 42.2 Å². The molecule has 0 radical (unpaired) electrons. The van der Waals surface area contributed by atoms with Crippen LogP contribution < -0.4 is 0 Å². The second-order valence-electron chi connectivity index (χ2n) is 12.0. The highest BCUT2D eigenvalue weighted by Gasteiger charge is 2.76. The van der Waals surface area contributed by atoms with Crippen LogP contribution in [0.15, 0.2) is 12.2 Å². The normalized spacial score (nSPS) is 46.1. The Morgan fingerprint density at radius 1 is 0.905 bits per heavy atom. The molecule has 4 fully saturated rings. The number of halogens is 1. The molecule has 4 aliphatic rings. The van der Waals surface area contributed by atoms with E-state index in [1.165, 1.54) is 20.8 Å². The van der Waals surface area contributed by atoms with Crippen molar-refractivity contribution in [1.82, 2.24) is 0 Å². The van der Waals surface area contributed by atoms with Gasteiger partial charge in [-0.1, -0.05) is 13.5 Å². The summed E-state index contributed by atoms with van der Waals surface area (Å²) in [7, 11) is 0. The van der Waals surface area contributed by atoms with Gasteiger partial charge in [0.05, 0.1) is 16.7 Å². The summed E-state index contributed by atoms with van der Waals surface area (Å²) in [6, 6.07) is 0. The fourth-order valence-corrected chi connectivity index (χ4v) is 7.63. The Bertz CT molecular complexity index is 1200. The van der Waals surface area contributed by atoms with E-state index in [4.69, 9.17) is 40.0 Å². The average Bonchev–Trinajstić information content (AvgIpc) is 3.61. The molecule has 0 unspecified atom stereocenters. The van der Waals surface area contributed by atoms with Gasteiger partial charge in [-0.05, 0) is 19.4 Å². The fraction of sp³-hybridized carbons (Fsp3) is 0.750. The molecule has 0 spiro atoms. The molecule has 2 saturated carbocycles. The Morgan fingerprint density at radius 3 is 1.93 bits per heavy atom. The maximum atomic E-state index is 13.0. The van der Waals surface area contributed by atoms with Gasteiger partial charge in [-0.3, -0.25) is 24.0 Å². The minimum atomic E-state index is -2.42. The third-order valence-electron chi connectivity index (χ3n) is 9.20. The zero-order valence-electron chi connectivity index (χ0n) is 24.5. The van der Waals surface area contributed by atoms with E-state index in [2.05, 4.69) is 6.58 Å². The number of hydrogen-bond acceptors (Lipinski definition) is 13. The summed E-state index contributed by atoms with van der Waals surface area (Å²) in [5.74, 6) is -7.01. The highest BCUT2D eigenvalue weighted by Crippen LogP contribution is 2.61. The Balaban J connectivity index is 2.10. The third-order valence-corrected chi connectivity index (χ3v) is 9.71. The Morgan fingerprint density at radius 2 is 1.40 bits per heavy atom. The van der Waals surface area contributed by atoms with Crippen LogP contribution in [-0.4, -0.2) is 99.4 Å². The van der Waals surface area contributed by atoms with E-state index in [-0.39, 0.29) is 12.0 Å². The van der Waals surface area contributed by atoms with E-state index in [0.717, 1.165) is 27.7 Å². The van der Waals surface area contributed by atoms with Crippen LogP contribution in [-0.2, 0) is 52.4 Å². The predicted octanol–water partition coefficient (Wildman–Crippen LogP) is 0.728. The van der Waals surface area contributed by atoms with Crippen LogP contribution in [0, 0.1) is 17.3 Å². The molecule has 0 amide bonds. The summed E-state index contributed by atoms with van der Waals surface area (Å²) in [5.41, 5.74) is -6.13. The Labute approximate surface area is 247 Å². The molecule has 13 nitrogen and oxygen atoms in total. The standard InChI is InChI=1S/C28H37ClO13/c1-10-18(29)22-28(36,11(2)25(34)42-22)24(40-15(6)33)21-26(7,23(39-14(5)32)20-19(10)41-20)16(37-12(3)30)9-17(27(21,8)35)38-13(4)31/h11,16-24,35-36H,1,9H2,2-8H3/t11-,16-,17+,18-,19+,20+,21+,22-,23+,24+,26-,27+,28+/m0/s1. The van der Waals surface area contributed by atoms with Crippen molar-refractivity contribution in [3.63, 3.8) is 0 Å². The predicted molar refractivity (Wildman–Crippen MR) is 140 cm³/mol. The summed E-state index contributed by atoms with van der Waals surface area (Å²) in [6.07, 6.45) is -9.41. The van der Waals surface area contributed by atoms with Crippen molar-refractivity contribution in [3.8, 4) is 0 Å². The molecule has 2 aliphatic heterocycles. The second-order valence-corrected chi connectivity index (χ2v) is 12.5. The fourth-order valence-electron chi connectivity index (χ4n) is 7.25. The van der Waals surface area contributed by atoms with Crippen LogP contribution in [0.3, 0.4) is 0 Å². The summed E-state index contributed by atoms with van der Waals surface area (Å²) < 4.78 is 34.3. The Kier molecular flexibility index (Phi) is 8.24. The first-order valence-corrected chi connectivity index (χ1v) is 14.0. The molecule has 2 N–H and O–H groups in total. The van der Waals surface area contributed by atoms with Crippen LogP contribution >= 0.6 is 11.6 Å². The SMILES string of the molecule is C=C1[C@H]2O[C@H]2[C@@H](OC(C)=O)[C@@]2(C)[C@@H](OC(C)=O)C[C@@H](OC(C)=O)[C@@](C)(O)[C@@H]2[C@@H](OC(C)=O)[C@@]2(O)[C@@H](C)C(=O)O[C@H]2[C@H]1Cl. The maximum absolute atomic E-state index is 13.0. The van der Waals surface area contributed by atoms with Gasteiger partial charge in [0, 0.05) is 40.0 Å². The topological polar surface area (TPSA) is 184 Å². The Hall–Kier alpha value is -2.74. The molecule has 0 aromatic heterocycles. The third kappa shape index (κ3) is 4.97. The average molecular weight is 617 g/mol. The lowest BCUT2D eigenvalue weighted by Gasteiger charge is -2.60. The zero-order chi connectivity index (χ0) is 31.7. The van der Waals surface area contributed by atoms with E-state index in [1.54, 1.807) is 0 Å². The van der Waals surface area contributed by atoms with E-state index in [9.17, 15) is 34.2 Å². The smallest absolute Gasteiger partial charge is 0.312 e. The van der Waals surface area contributed by atoms with Crippen LogP contribution in [0.4, 0.5) is 0 Å². The summed E-state index contributed by atoms with van der Waals surface area (Å²) in [5, 5.41) is 23.6. The van der Waals surface area contributed by atoms with Crippen LogP contribution in [0.1, 0.15) is 54.9 Å². The molecule has 0 aromatic carbocycles. The number of epoxide rings is 1. The van der Waals surface area contributed by atoms with Crippen molar-refractivity contribution in [3.05, 3.63) is 12.2 Å². The number of alkyl halides is 1. The molecule has 0 bridgehead atoms. The van der Waals surface area contributed by atoms with Crippen LogP contribution in [0.5, 0.6) is 0 Å². The van der Waals surface area contributed by atoms with E-state index < -0.39 is 106 Å². The number of rotatable bonds is 4.